The van der Waals surface area contributed by atoms with Crippen molar-refractivity contribution in [1.29, 1.82) is 0 Å². The van der Waals surface area contributed by atoms with Crippen molar-refractivity contribution in [3.8, 4) is 11.5 Å². The highest BCUT2D eigenvalue weighted by Crippen LogP contribution is 2.34. The molecular formula is C26H37N3O6S. The number of hydrogen-bond acceptors (Lipinski definition) is 6. The average molecular weight is 520 g/mol. The van der Waals surface area contributed by atoms with Crippen molar-refractivity contribution in [2.45, 2.75) is 52.2 Å². The molecule has 0 heterocycles. The first-order valence-corrected chi connectivity index (χ1v) is 13.7. The molecule has 1 N–H and O–H groups in total. The number of benzene rings is 2. The smallest absolute Gasteiger partial charge is 0.244 e. The summed E-state index contributed by atoms with van der Waals surface area (Å²) in [4.78, 5) is 28.3. The number of amides is 2. The van der Waals surface area contributed by atoms with Crippen LogP contribution in [0.1, 0.15) is 39.2 Å². The van der Waals surface area contributed by atoms with E-state index in [1.54, 1.807) is 12.1 Å². The van der Waals surface area contributed by atoms with Gasteiger partial charge in [-0.3, -0.25) is 13.9 Å². The standard InChI is InChI=1S/C26H37N3O6S/c1-7-19(3)27-26(31)22(8-2)28(17-20-12-10-9-11-13-20)25(30)18-29(36(6,32)33)23-16-21(34-4)14-15-24(23)35-5/h9-16,19,22H,7-8,17-18H2,1-6H3,(H,27,31)/t19-,22-/m1/s1. The van der Waals surface area contributed by atoms with Gasteiger partial charge in [0, 0.05) is 18.7 Å². The maximum Gasteiger partial charge on any atom is 0.244 e. The topological polar surface area (TPSA) is 105 Å². The Hall–Kier alpha value is -3.27. The van der Waals surface area contributed by atoms with Gasteiger partial charge in [-0.2, -0.15) is 0 Å². The van der Waals surface area contributed by atoms with E-state index in [1.165, 1.54) is 25.2 Å². The minimum atomic E-state index is -3.90. The molecule has 2 atom stereocenters. The lowest BCUT2D eigenvalue weighted by atomic mass is 10.1. The highest BCUT2D eigenvalue weighted by Gasteiger charge is 2.33. The second kappa shape index (κ2) is 13.2. The van der Waals surface area contributed by atoms with Crippen molar-refractivity contribution < 1.29 is 27.5 Å². The van der Waals surface area contributed by atoms with Crippen LogP contribution in [-0.4, -0.2) is 64.2 Å². The second-order valence-corrected chi connectivity index (χ2v) is 10.5. The predicted octanol–water partition coefficient (Wildman–Crippen LogP) is 3.19. The molecule has 0 fully saturated rings. The van der Waals surface area contributed by atoms with Gasteiger partial charge in [-0.25, -0.2) is 8.42 Å². The average Bonchev–Trinajstić information content (AvgIpc) is 2.86. The van der Waals surface area contributed by atoms with Gasteiger partial charge in [0.2, 0.25) is 21.8 Å². The molecule has 2 aromatic carbocycles. The first-order chi connectivity index (χ1) is 17.0. The number of hydrogen-bond donors (Lipinski definition) is 1. The summed E-state index contributed by atoms with van der Waals surface area (Å²) in [6.07, 6.45) is 2.13. The normalized spacial score (nSPS) is 12.8. The molecule has 0 saturated carbocycles. The van der Waals surface area contributed by atoms with Crippen LogP contribution in [0.3, 0.4) is 0 Å². The molecule has 36 heavy (non-hydrogen) atoms. The number of anilines is 1. The molecule has 0 unspecified atom stereocenters. The third kappa shape index (κ3) is 7.61. The molecule has 9 nitrogen and oxygen atoms in total. The number of sulfonamides is 1. The van der Waals surface area contributed by atoms with Gasteiger partial charge < -0.3 is 19.7 Å². The summed E-state index contributed by atoms with van der Waals surface area (Å²) in [5, 5.41) is 2.95. The fraction of sp³-hybridized carbons (Fsp3) is 0.462. The van der Waals surface area contributed by atoms with Crippen molar-refractivity contribution in [3.05, 3.63) is 54.1 Å². The Bertz CT molecular complexity index is 1120. The number of carbonyl (C=O) groups is 2. The number of rotatable bonds is 13. The summed E-state index contributed by atoms with van der Waals surface area (Å²) in [5.74, 6) is -0.112. The number of nitrogens with zero attached hydrogens (tertiary/aromatic N) is 2. The van der Waals surface area contributed by atoms with Gasteiger partial charge >= 0.3 is 0 Å². The van der Waals surface area contributed by atoms with E-state index < -0.39 is 28.5 Å². The summed E-state index contributed by atoms with van der Waals surface area (Å²) >= 11 is 0. The first kappa shape index (κ1) is 29.0. The fourth-order valence-electron chi connectivity index (χ4n) is 3.73. The van der Waals surface area contributed by atoms with E-state index in [0.717, 1.165) is 22.5 Å². The van der Waals surface area contributed by atoms with Crippen LogP contribution in [0.5, 0.6) is 11.5 Å². The molecule has 0 aliphatic heterocycles. The van der Waals surface area contributed by atoms with E-state index in [2.05, 4.69) is 5.32 Å². The third-order valence-corrected chi connectivity index (χ3v) is 7.04. The minimum Gasteiger partial charge on any atom is -0.497 e. The van der Waals surface area contributed by atoms with Gasteiger partial charge in [0.15, 0.2) is 0 Å². The predicted molar refractivity (Wildman–Crippen MR) is 141 cm³/mol. The summed E-state index contributed by atoms with van der Waals surface area (Å²) < 4.78 is 37.3. The van der Waals surface area contributed by atoms with Gasteiger partial charge in [-0.15, -0.1) is 0 Å². The van der Waals surface area contributed by atoms with Gasteiger partial charge in [0.1, 0.15) is 24.1 Å². The van der Waals surface area contributed by atoms with Crippen molar-refractivity contribution in [2.24, 2.45) is 0 Å². The lowest BCUT2D eigenvalue weighted by molar-refractivity contribution is -0.140. The first-order valence-electron chi connectivity index (χ1n) is 11.9. The Kier molecular flexibility index (Phi) is 10.6. The molecule has 2 amide bonds. The van der Waals surface area contributed by atoms with Gasteiger partial charge in [-0.1, -0.05) is 44.2 Å². The highest BCUT2D eigenvalue weighted by molar-refractivity contribution is 7.92. The van der Waals surface area contributed by atoms with Crippen LogP contribution in [0.2, 0.25) is 0 Å². The van der Waals surface area contributed by atoms with E-state index in [1.807, 2.05) is 51.1 Å². The molecule has 0 aromatic heterocycles. The van der Waals surface area contributed by atoms with Crippen LogP contribution in [0.25, 0.3) is 0 Å². The number of methoxy groups -OCH3 is 2. The van der Waals surface area contributed by atoms with Crippen LogP contribution in [-0.2, 0) is 26.2 Å². The monoisotopic (exact) mass is 519 g/mol. The van der Waals surface area contributed by atoms with E-state index in [-0.39, 0.29) is 29.9 Å². The molecule has 2 rings (SSSR count). The quantitative estimate of drug-likeness (QED) is 0.436. The second-order valence-electron chi connectivity index (χ2n) is 8.56. The third-order valence-electron chi connectivity index (χ3n) is 5.92. The highest BCUT2D eigenvalue weighted by atomic mass is 32.2. The van der Waals surface area contributed by atoms with Crippen molar-refractivity contribution in [2.75, 3.05) is 31.3 Å². The molecule has 2 aromatic rings. The molecular weight excluding hydrogens is 482 g/mol. The zero-order chi connectivity index (χ0) is 26.9. The molecule has 0 aliphatic rings. The van der Waals surface area contributed by atoms with E-state index in [0.29, 0.717) is 12.2 Å². The number of carbonyl (C=O) groups excluding carboxylic acids is 2. The lowest BCUT2D eigenvalue weighted by Crippen LogP contribution is -2.53. The van der Waals surface area contributed by atoms with Gasteiger partial charge in [0.05, 0.1) is 26.2 Å². The zero-order valence-corrected chi connectivity index (χ0v) is 22.7. The molecule has 0 saturated heterocycles. The van der Waals surface area contributed by atoms with E-state index in [4.69, 9.17) is 9.47 Å². The van der Waals surface area contributed by atoms with Crippen LogP contribution >= 0.6 is 0 Å². The maximum atomic E-state index is 13.8. The summed E-state index contributed by atoms with van der Waals surface area (Å²) in [6, 6.07) is 13.2. The van der Waals surface area contributed by atoms with Crippen LogP contribution in [0.15, 0.2) is 48.5 Å². The SMILES string of the molecule is CC[C@@H](C)NC(=O)[C@@H](CC)N(Cc1ccccc1)C(=O)CN(c1cc(OC)ccc1OC)S(C)(=O)=O. The summed E-state index contributed by atoms with van der Waals surface area (Å²) in [6.45, 7) is 5.32. The minimum absolute atomic E-state index is 0.0613. The molecule has 0 spiro atoms. The maximum absolute atomic E-state index is 13.8. The summed E-state index contributed by atoms with van der Waals surface area (Å²) in [7, 11) is -1.02. The largest absolute Gasteiger partial charge is 0.497 e. The lowest BCUT2D eigenvalue weighted by Gasteiger charge is -2.33. The van der Waals surface area contributed by atoms with Crippen molar-refractivity contribution in [3.63, 3.8) is 0 Å². The fourth-order valence-corrected chi connectivity index (χ4v) is 4.57. The van der Waals surface area contributed by atoms with Crippen LogP contribution in [0, 0.1) is 0 Å². The van der Waals surface area contributed by atoms with Crippen molar-refractivity contribution >= 4 is 27.5 Å². The number of ether oxygens (including phenoxy) is 2. The van der Waals surface area contributed by atoms with Crippen LogP contribution in [0.4, 0.5) is 5.69 Å². The molecule has 10 heteroatoms. The molecule has 198 valence electrons. The van der Waals surface area contributed by atoms with Gasteiger partial charge in [0.25, 0.3) is 0 Å². The van der Waals surface area contributed by atoms with E-state index in [9.17, 15) is 18.0 Å². The Morgan fingerprint density at radius 3 is 2.19 bits per heavy atom. The molecule has 0 bridgehead atoms. The Morgan fingerprint density at radius 1 is 1.00 bits per heavy atom. The summed E-state index contributed by atoms with van der Waals surface area (Å²) in [5.41, 5.74) is 0.995. The Balaban J connectivity index is 2.50. The Labute approximate surface area is 214 Å². The number of nitrogens with one attached hydrogen (secondary N) is 1. The molecule has 0 aliphatic carbocycles. The zero-order valence-electron chi connectivity index (χ0n) is 21.9. The van der Waals surface area contributed by atoms with E-state index >= 15 is 0 Å². The molecule has 0 radical (unpaired) electrons. The van der Waals surface area contributed by atoms with Gasteiger partial charge in [-0.05, 0) is 37.5 Å². The van der Waals surface area contributed by atoms with Crippen LogP contribution < -0.4 is 19.1 Å². The van der Waals surface area contributed by atoms with Crippen molar-refractivity contribution in [1.82, 2.24) is 10.2 Å². The Morgan fingerprint density at radius 2 is 1.67 bits per heavy atom.